The second-order valence-electron chi connectivity index (χ2n) is 4.92. The molecule has 0 atom stereocenters. The van der Waals surface area contributed by atoms with Crippen LogP contribution in [0.15, 0.2) is 36.5 Å². The third-order valence-electron chi connectivity index (χ3n) is 3.27. The fourth-order valence-corrected chi connectivity index (χ4v) is 2.09. The molecule has 23 heavy (non-hydrogen) atoms. The Morgan fingerprint density at radius 3 is 2.61 bits per heavy atom. The van der Waals surface area contributed by atoms with Crippen LogP contribution in [0.4, 0.5) is 0 Å². The molecule has 7 heteroatoms. The van der Waals surface area contributed by atoms with Crippen LogP contribution in [0.5, 0.6) is 0 Å². The zero-order chi connectivity index (χ0) is 16.7. The summed E-state index contributed by atoms with van der Waals surface area (Å²) < 4.78 is 6.19. The lowest BCUT2D eigenvalue weighted by Crippen LogP contribution is -2.33. The van der Waals surface area contributed by atoms with Crippen molar-refractivity contribution in [3.63, 3.8) is 0 Å². The molecule has 2 rings (SSSR count). The second-order valence-corrected chi connectivity index (χ2v) is 4.92. The predicted molar refractivity (Wildman–Crippen MR) is 83.5 cm³/mol. The maximum absolute atomic E-state index is 12.4. The average Bonchev–Trinajstić information content (AvgIpc) is 3.02. The Morgan fingerprint density at radius 2 is 1.96 bits per heavy atom. The molecule has 1 amide bonds. The topological polar surface area (TPSA) is 77.3 Å². The van der Waals surface area contributed by atoms with Crippen LogP contribution in [0.2, 0.25) is 0 Å². The van der Waals surface area contributed by atoms with Gasteiger partial charge in [-0.05, 0) is 19.4 Å². The van der Waals surface area contributed by atoms with Gasteiger partial charge in [0.05, 0.1) is 12.8 Å². The molecule has 7 nitrogen and oxygen atoms in total. The van der Waals surface area contributed by atoms with E-state index in [1.54, 1.807) is 11.8 Å². The minimum atomic E-state index is -0.539. The largest absolute Gasteiger partial charge is 0.461 e. The van der Waals surface area contributed by atoms with E-state index in [1.165, 1.54) is 10.9 Å². The molecule has 2 aromatic rings. The summed E-state index contributed by atoms with van der Waals surface area (Å²) in [5.74, 6) is -0.625. The highest BCUT2D eigenvalue weighted by Gasteiger charge is 2.16. The molecule has 1 heterocycles. The minimum absolute atomic E-state index is 0.0348. The molecule has 1 aromatic carbocycles. The van der Waals surface area contributed by atoms with Gasteiger partial charge >= 0.3 is 5.97 Å². The van der Waals surface area contributed by atoms with E-state index in [0.29, 0.717) is 13.1 Å². The number of nitrogens with zero attached hydrogens (tertiary/aromatic N) is 4. The summed E-state index contributed by atoms with van der Waals surface area (Å²) in [6.45, 7) is 5.07. The molecule has 0 aliphatic carbocycles. The predicted octanol–water partition coefficient (Wildman–Crippen LogP) is 1.50. The number of rotatable bonds is 7. The molecular weight excluding hydrogens is 296 g/mol. The molecule has 0 radical (unpaired) electrons. The fourth-order valence-electron chi connectivity index (χ4n) is 2.09. The number of hydrogen-bond acceptors (Lipinski definition) is 5. The van der Waals surface area contributed by atoms with Crippen LogP contribution in [-0.2, 0) is 22.6 Å². The van der Waals surface area contributed by atoms with Crippen LogP contribution in [0.25, 0.3) is 0 Å². The first-order valence-electron chi connectivity index (χ1n) is 7.53. The SMILES string of the molecule is CCOC(=O)c1cn(CC(=O)N(CC)Cc2ccccc2)nn1. The van der Waals surface area contributed by atoms with Gasteiger partial charge in [0.1, 0.15) is 6.54 Å². The van der Waals surface area contributed by atoms with Crippen molar-refractivity contribution in [1.82, 2.24) is 19.9 Å². The number of ether oxygens (including phenoxy) is 1. The van der Waals surface area contributed by atoms with Gasteiger partial charge in [-0.15, -0.1) is 5.10 Å². The summed E-state index contributed by atoms with van der Waals surface area (Å²) in [4.78, 5) is 25.6. The van der Waals surface area contributed by atoms with Crippen LogP contribution in [0.1, 0.15) is 29.9 Å². The van der Waals surface area contributed by atoms with E-state index in [9.17, 15) is 9.59 Å². The molecule has 122 valence electrons. The summed E-state index contributed by atoms with van der Waals surface area (Å²) >= 11 is 0. The van der Waals surface area contributed by atoms with Gasteiger partial charge < -0.3 is 9.64 Å². The zero-order valence-corrected chi connectivity index (χ0v) is 13.3. The Kier molecular flexibility index (Phi) is 5.85. The summed E-state index contributed by atoms with van der Waals surface area (Å²) in [5, 5.41) is 7.53. The van der Waals surface area contributed by atoms with Crippen molar-refractivity contribution in [1.29, 1.82) is 0 Å². The van der Waals surface area contributed by atoms with Crippen LogP contribution < -0.4 is 0 Å². The molecule has 1 aromatic heterocycles. The number of benzene rings is 1. The lowest BCUT2D eigenvalue weighted by Gasteiger charge is -2.20. The number of carbonyl (C=O) groups excluding carboxylic acids is 2. The van der Waals surface area contributed by atoms with Gasteiger partial charge in [0.2, 0.25) is 5.91 Å². The first kappa shape index (κ1) is 16.7. The maximum atomic E-state index is 12.4. The molecular formula is C16H20N4O3. The van der Waals surface area contributed by atoms with Crippen molar-refractivity contribution >= 4 is 11.9 Å². The highest BCUT2D eigenvalue weighted by Crippen LogP contribution is 2.06. The van der Waals surface area contributed by atoms with E-state index < -0.39 is 5.97 Å². The van der Waals surface area contributed by atoms with Crippen molar-refractivity contribution in [2.45, 2.75) is 26.9 Å². The van der Waals surface area contributed by atoms with Crippen molar-refractivity contribution in [2.75, 3.05) is 13.2 Å². The molecule has 0 aliphatic heterocycles. The molecule has 0 saturated carbocycles. The van der Waals surface area contributed by atoms with Gasteiger partial charge in [-0.1, -0.05) is 35.5 Å². The van der Waals surface area contributed by atoms with Gasteiger partial charge in [-0.2, -0.15) is 0 Å². The third-order valence-corrected chi connectivity index (χ3v) is 3.27. The Hall–Kier alpha value is -2.70. The lowest BCUT2D eigenvalue weighted by molar-refractivity contribution is -0.132. The number of likely N-dealkylation sites (N-methyl/N-ethyl adjacent to an activating group) is 1. The first-order chi connectivity index (χ1) is 11.1. The quantitative estimate of drug-likeness (QED) is 0.724. The van der Waals surface area contributed by atoms with E-state index >= 15 is 0 Å². The molecule has 0 fully saturated rings. The van der Waals surface area contributed by atoms with Crippen LogP contribution in [0.3, 0.4) is 0 Å². The first-order valence-corrected chi connectivity index (χ1v) is 7.53. The lowest BCUT2D eigenvalue weighted by atomic mass is 10.2. The third kappa shape index (κ3) is 4.64. The van der Waals surface area contributed by atoms with Crippen molar-refractivity contribution in [3.05, 3.63) is 47.8 Å². The number of amides is 1. The van der Waals surface area contributed by atoms with E-state index in [4.69, 9.17) is 4.74 Å². The molecule has 0 unspecified atom stereocenters. The van der Waals surface area contributed by atoms with Crippen molar-refractivity contribution in [3.8, 4) is 0 Å². The molecule has 0 N–H and O–H groups in total. The molecule has 0 spiro atoms. The second kappa shape index (κ2) is 8.07. The molecule has 0 bridgehead atoms. The van der Waals surface area contributed by atoms with Crippen LogP contribution in [0, 0.1) is 0 Å². The normalized spacial score (nSPS) is 10.3. The highest BCUT2D eigenvalue weighted by molar-refractivity contribution is 5.86. The van der Waals surface area contributed by atoms with Crippen LogP contribution >= 0.6 is 0 Å². The number of aromatic nitrogens is 3. The van der Waals surface area contributed by atoms with Gasteiger partial charge in [0.15, 0.2) is 5.69 Å². The van der Waals surface area contributed by atoms with E-state index in [-0.39, 0.29) is 24.8 Å². The molecule has 0 aliphatic rings. The summed E-state index contributed by atoms with van der Waals surface area (Å²) in [5.41, 5.74) is 1.17. The van der Waals surface area contributed by atoms with E-state index in [0.717, 1.165) is 5.56 Å². The highest BCUT2D eigenvalue weighted by atomic mass is 16.5. The number of hydrogen-bond donors (Lipinski definition) is 0. The van der Waals surface area contributed by atoms with Crippen molar-refractivity contribution < 1.29 is 14.3 Å². The minimum Gasteiger partial charge on any atom is -0.461 e. The Balaban J connectivity index is 1.98. The average molecular weight is 316 g/mol. The van der Waals surface area contributed by atoms with Gasteiger partial charge in [0.25, 0.3) is 0 Å². The number of carbonyl (C=O) groups is 2. The van der Waals surface area contributed by atoms with Gasteiger partial charge in [-0.25, -0.2) is 9.48 Å². The van der Waals surface area contributed by atoms with E-state index in [1.807, 2.05) is 37.3 Å². The Labute approximate surface area is 134 Å². The van der Waals surface area contributed by atoms with Crippen LogP contribution in [-0.4, -0.2) is 44.9 Å². The van der Waals surface area contributed by atoms with Gasteiger partial charge in [-0.3, -0.25) is 4.79 Å². The van der Waals surface area contributed by atoms with Gasteiger partial charge in [0, 0.05) is 13.1 Å². The maximum Gasteiger partial charge on any atom is 0.360 e. The standard InChI is InChI=1S/C16H20N4O3/c1-3-19(10-13-8-6-5-7-9-13)15(21)12-20-11-14(17-18-20)16(22)23-4-2/h5-9,11H,3-4,10,12H2,1-2H3. The van der Waals surface area contributed by atoms with Crippen molar-refractivity contribution in [2.24, 2.45) is 0 Å². The Morgan fingerprint density at radius 1 is 1.22 bits per heavy atom. The monoisotopic (exact) mass is 316 g/mol. The summed E-state index contributed by atoms with van der Waals surface area (Å²) in [7, 11) is 0. The number of esters is 1. The molecule has 0 saturated heterocycles. The summed E-state index contributed by atoms with van der Waals surface area (Å²) in [6.07, 6.45) is 1.42. The Bertz CT molecular complexity index is 654. The smallest absolute Gasteiger partial charge is 0.360 e. The summed E-state index contributed by atoms with van der Waals surface area (Å²) in [6, 6.07) is 9.77. The fraction of sp³-hybridized carbons (Fsp3) is 0.375. The van der Waals surface area contributed by atoms with E-state index in [2.05, 4.69) is 10.3 Å². The zero-order valence-electron chi connectivity index (χ0n) is 13.3.